The molecule has 0 aliphatic carbocycles. The van der Waals surface area contributed by atoms with Gasteiger partial charge in [-0.3, -0.25) is 14.5 Å². The number of aromatic hydroxyl groups is 1. The molecule has 2 amide bonds. The summed E-state index contributed by atoms with van der Waals surface area (Å²) in [6.07, 6.45) is 1.55. The third-order valence-electron chi connectivity index (χ3n) is 5.13. The van der Waals surface area contributed by atoms with Crippen molar-refractivity contribution in [3.8, 4) is 5.75 Å². The van der Waals surface area contributed by atoms with Crippen molar-refractivity contribution in [1.82, 2.24) is 25.0 Å². The first-order valence-electron chi connectivity index (χ1n) is 9.49. The monoisotopic (exact) mass is 476 g/mol. The first kappa shape index (κ1) is 22.2. The molecule has 1 fully saturated rings. The van der Waals surface area contributed by atoms with E-state index in [2.05, 4.69) is 15.5 Å². The number of nitrogens with two attached hydrogens (primary N) is 1. The normalized spacial score (nSPS) is 21.1. The number of carbonyl (C=O) groups is 3. The number of fused-ring (bicyclic) bond motifs is 1. The van der Waals surface area contributed by atoms with Crippen LogP contribution in [0.25, 0.3) is 0 Å². The Morgan fingerprint density at radius 2 is 2.09 bits per heavy atom. The number of amides is 2. The topological polar surface area (TPSA) is 164 Å². The van der Waals surface area contributed by atoms with E-state index < -0.39 is 35.2 Å². The number of nitrogens with one attached hydrogen (secondary N) is 1. The number of benzene rings is 1. The lowest BCUT2D eigenvalue weighted by Gasteiger charge is -2.49. The minimum Gasteiger partial charge on any atom is -0.508 e. The zero-order chi connectivity index (χ0) is 23.0. The first-order valence-corrected chi connectivity index (χ1v) is 11.5. The summed E-state index contributed by atoms with van der Waals surface area (Å²) in [7, 11) is 1.79. The smallest absolute Gasteiger partial charge is 0.352 e. The number of aliphatic carboxylic acids is 1. The molecule has 2 aliphatic rings. The number of phenols is 1. The molecule has 3 heterocycles. The molecule has 11 nitrogen and oxygen atoms in total. The molecule has 4 rings (SSSR count). The summed E-state index contributed by atoms with van der Waals surface area (Å²) in [6.45, 7) is 0. The van der Waals surface area contributed by atoms with Gasteiger partial charge in [-0.15, -0.1) is 22.0 Å². The van der Waals surface area contributed by atoms with Crippen LogP contribution in [-0.4, -0.2) is 70.6 Å². The highest BCUT2D eigenvalue weighted by atomic mass is 32.2. The molecule has 0 spiro atoms. The van der Waals surface area contributed by atoms with Crippen LogP contribution in [0.1, 0.15) is 11.6 Å². The fraction of sp³-hybridized carbons (Fsp3) is 0.316. The second-order valence-corrected chi connectivity index (χ2v) is 9.28. The Kier molecular flexibility index (Phi) is 6.13. The predicted octanol–water partition coefficient (Wildman–Crippen LogP) is 0.0514. The Labute approximate surface area is 191 Å². The molecular weight excluding hydrogens is 456 g/mol. The number of hydrogen-bond donors (Lipinski definition) is 4. The van der Waals surface area contributed by atoms with Crippen LogP contribution >= 0.6 is 23.5 Å². The summed E-state index contributed by atoms with van der Waals surface area (Å²) >= 11 is 2.72. The van der Waals surface area contributed by atoms with Crippen LogP contribution in [0.4, 0.5) is 0 Å². The Morgan fingerprint density at radius 3 is 2.72 bits per heavy atom. The zero-order valence-corrected chi connectivity index (χ0v) is 18.5. The van der Waals surface area contributed by atoms with Gasteiger partial charge in [-0.05, 0) is 23.3 Å². The van der Waals surface area contributed by atoms with Gasteiger partial charge in [-0.1, -0.05) is 23.9 Å². The fourth-order valence-corrected chi connectivity index (χ4v) is 5.80. The van der Waals surface area contributed by atoms with E-state index in [1.165, 1.54) is 52.7 Å². The van der Waals surface area contributed by atoms with E-state index in [4.69, 9.17) is 5.73 Å². The molecule has 1 aromatic heterocycles. The molecule has 0 bridgehead atoms. The fourth-order valence-electron chi connectivity index (χ4n) is 3.43. The molecule has 5 N–H and O–H groups in total. The largest absolute Gasteiger partial charge is 0.508 e. The van der Waals surface area contributed by atoms with Crippen LogP contribution < -0.4 is 11.1 Å². The summed E-state index contributed by atoms with van der Waals surface area (Å²) < 4.78 is 1.72. The van der Waals surface area contributed by atoms with Crippen molar-refractivity contribution in [3.63, 3.8) is 0 Å². The van der Waals surface area contributed by atoms with Crippen LogP contribution in [0.3, 0.4) is 0 Å². The SMILES string of the molecule is Cn1cnnc1SCC1=C(C(=O)O)N2C(=O)C(NC(=O)C(N)c3ccc(O)cc3)[C@@H]2SC1. The minimum absolute atomic E-state index is 0.0471. The van der Waals surface area contributed by atoms with Gasteiger partial charge in [-0.2, -0.15) is 0 Å². The van der Waals surface area contributed by atoms with E-state index in [1.54, 1.807) is 17.9 Å². The minimum atomic E-state index is -1.19. The van der Waals surface area contributed by atoms with Crippen molar-refractivity contribution in [2.45, 2.75) is 22.6 Å². The molecule has 1 aromatic carbocycles. The first-order chi connectivity index (χ1) is 15.3. The number of hydrogen-bond acceptors (Lipinski definition) is 9. The molecule has 168 valence electrons. The third kappa shape index (κ3) is 4.06. The van der Waals surface area contributed by atoms with Gasteiger partial charge in [0.1, 0.15) is 35.2 Å². The number of aromatic nitrogens is 3. The predicted molar refractivity (Wildman–Crippen MR) is 116 cm³/mol. The molecular formula is C19H20N6O5S2. The van der Waals surface area contributed by atoms with E-state index >= 15 is 0 Å². The van der Waals surface area contributed by atoms with Gasteiger partial charge in [0.25, 0.3) is 5.91 Å². The standard InChI is InChI=1S/C19H20N6O5S2/c1-24-8-21-23-19(24)32-7-10-6-31-17-13(16(28)25(17)14(10)18(29)30)22-15(27)12(20)9-2-4-11(26)5-3-9/h2-5,8,12-13,17,26H,6-7,20H2,1H3,(H,22,27)(H,29,30)/t12?,13?,17-/m0/s1. The molecule has 0 radical (unpaired) electrons. The van der Waals surface area contributed by atoms with Crippen molar-refractivity contribution >= 4 is 41.3 Å². The molecule has 3 atom stereocenters. The van der Waals surface area contributed by atoms with Crippen LogP contribution in [0.2, 0.25) is 0 Å². The van der Waals surface area contributed by atoms with Gasteiger partial charge in [0.05, 0.1) is 0 Å². The van der Waals surface area contributed by atoms with Crippen LogP contribution in [0.5, 0.6) is 5.75 Å². The number of phenolic OH excluding ortho intramolecular Hbond substituents is 1. The highest BCUT2D eigenvalue weighted by Gasteiger charge is 2.54. The molecule has 13 heteroatoms. The van der Waals surface area contributed by atoms with E-state index in [0.717, 1.165) is 0 Å². The number of nitrogens with zero attached hydrogens (tertiary/aromatic N) is 4. The lowest BCUT2D eigenvalue weighted by molar-refractivity contribution is -0.150. The van der Waals surface area contributed by atoms with Crippen LogP contribution in [-0.2, 0) is 21.4 Å². The lowest BCUT2D eigenvalue weighted by atomic mass is 10.0. The molecule has 2 unspecified atom stereocenters. The van der Waals surface area contributed by atoms with Gasteiger partial charge in [-0.25, -0.2) is 4.79 Å². The van der Waals surface area contributed by atoms with Gasteiger partial charge < -0.3 is 25.8 Å². The highest BCUT2D eigenvalue weighted by molar-refractivity contribution is 8.01. The maximum Gasteiger partial charge on any atom is 0.352 e. The van der Waals surface area contributed by atoms with Gasteiger partial charge >= 0.3 is 5.97 Å². The second-order valence-electron chi connectivity index (χ2n) is 7.24. The maximum absolute atomic E-state index is 12.8. The van der Waals surface area contributed by atoms with Crippen molar-refractivity contribution < 1.29 is 24.6 Å². The zero-order valence-electron chi connectivity index (χ0n) is 16.8. The number of carboxylic acids is 1. The van der Waals surface area contributed by atoms with E-state index in [1.807, 2.05) is 0 Å². The number of aryl methyl sites for hydroxylation is 1. The molecule has 0 saturated carbocycles. The molecule has 1 saturated heterocycles. The lowest BCUT2D eigenvalue weighted by Crippen LogP contribution is -2.71. The Bertz CT molecular complexity index is 1100. The quantitative estimate of drug-likeness (QED) is 0.317. The van der Waals surface area contributed by atoms with Gasteiger partial charge in [0.2, 0.25) is 5.91 Å². The average Bonchev–Trinajstić information content (AvgIpc) is 3.19. The second kappa shape index (κ2) is 8.84. The van der Waals surface area contributed by atoms with Gasteiger partial charge in [0.15, 0.2) is 5.16 Å². The molecule has 2 aromatic rings. The summed E-state index contributed by atoms with van der Waals surface area (Å²) in [6, 6.07) is 3.99. The Balaban J connectivity index is 1.45. The number of carbonyl (C=O) groups excluding carboxylic acids is 2. The van der Waals surface area contributed by atoms with Crippen LogP contribution in [0.15, 0.2) is 47.0 Å². The summed E-state index contributed by atoms with van der Waals surface area (Å²) in [5.74, 6) is -1.45. The Morgan fingerprint density at radius 1 is 1.38 bits per heavy atom. The maximum atomic E-state index is 12.8. The summed E-state index contributed by atoms with van der Waals surface area (Å²) in [4.78, 5) is 38.5. The van der Waals surface area contributed by atoms with E-state index in [0.29, 0.717) is 27.8 Å². The molecule has 32 heavy (non-hydrogen) atoms. The van der Waals surface area contributed by atoms with E-state index in [-0.39, 0.29) is 11.4 Å². The number of rotatable bonds is 7. The number of thioether (sulfide) groups is 2. The average molecular weight is 477 g/mol. The van der Waals surface area contributed by atoms with E-state index in [9.17, 15) is 24.6 Å². The third-order valence-corrected chi connectivity index (χ3v) is 7.59. The number of β-lactam (4-membered cyclic amide) rings is 1. The van der Waals surface area contributed by atoms with Crippen molar-refractivity contribution in [3.05, 3.63) is 47.4 Å². The van der Waals surface area contributed by atoms with Crippen molar-refractivity contribution in [1.29, 1.82) is 0 Å². The Hall–Kier alpha value is -3.03. The highest BCUT2D eigenvalue weighted by Crippen LogP contribution is 2.41. The van der Waals surface area contributed by atoms with Gasteiger partial charge in [0, 0.05) is 18.6 Å². The number of carboxylic acid groups (broad SMARTS) is 1. The van der Waals surface area contributed by atoms with Crippen LogP contribution in [0, 0.1) is 0 Å². The van der Waals surface area contributed by atoms with Crippen molar-refractivity contribution in [2.75, 3.05) is 11.5 Å². The summed E-state index contributed by atoms with van der Waals surface area (Å²) in [5, 5.41) is 29.6. The van der Waals surface area contributed by atoms with Crippen molar-refractivity contribution in [2.24, 2.45) is 12.8 Å². The molecule has 2 aliphatic heterocycles. The summed E-state index contributed by atoms with van der Waals surface area (Å²) in [5.41, 5.74) is 7.01.